The van der Waals surface area contributed by atoms with E-state index in [9.17, 15) is 10.2 Å². The molecule has 3 aliphatic carbocycles. The van der Waals surface area contributed by atoms with Crippen molar-refractivity contribution in [2.75, 3.05) is 11.9 Å². The fourth-order valence-electron chi connectivity index (χ4n) is 4.12. The summed E-state index contributed by atoms with van der Waals surface area (Å²) in [5.41, 5.74) is 2.53. The number of aliphatic hydroxyl groups excluding tert-OH is 2. The monoisotopic (exact) mass is 313 g/mol. The predicted octanol–water partition coefficient (Wildman–Crippen LogP) is 0.871. The zero-order chi connectivity index (χ0) is 15.6. The molecule has 7 nitrogen and oxygen atoms in total. The Labute approximate surface area is 133 Å². The lowest BCUT2D eigenvalue weighted by Gasteiger charge is -2.28. The van der Waals surface area contributed by atoms with Crippen molar-refractivity contribution in [1.29, 1.82) is 0 Å². The molecule has 5 rings (SSSR count). The highest BCUT2D eigenvalue weighted by molar-refractivity contribution is 5.83. The van der Waals surface area contributed by atoms with Crippen molar-refractivity contribution in [1.82, 2.24) is 19.5 Å². The SMILES string of the molecule is OCC1=C[C@@H]2C[C@H]1[C@@H](n1cnc3c(NC4CC4)ncnc31)[C@H]2O. The van der Waals surface area contributed by atoms with Gasteiger partial charge in [-0.3, -0.25) is 0 Å². The van der Waals surface area contributed by atoms with Crippen molar-refractivity contribution in [2.45, 2.75) is 37.5 Å². The quantitative estimate of drug-likeness (QED) is 0.725. The first-order chi connectivity index (χ1) is 11.3. The molecule has 2 fully saturated rings. The average molecular weight is 313 g/mol. The molecule has 0 spiro atoms. The third-order valence-corrected chi connectivity index (χ3v) is 5.41. The summed E-state index contributed by atoms with van der Waals surface area (Å²) in [6.45, 7) is 0.0560. The minimum absolute atomic E-state index is 0.0560. The Morgan fingerprint density at radius 3 is 2.87 bits per heavy atom. The maximum absolute atomic E-state index is 10.6. The summed E-state index contributed by atoms with van der Waals surface area (Å²) < 4.78 is 1.97. The van der Waals surface area contributed by atoms with Gasteiger partial charge in [0.15, 0.2) is 11.5 Å². The molecule has 0 amide bonds. The molecule has 0 aromatic carbocycles. The number of anilines is 1. The standard InChI is InChI=1S/C16H19N5O2/c22-5-9-3-8-4-11(9)13(14(8)23)21-7-19-12-15(20-10-1-2-10)17-6-18-16(12)21/h3,6-8,10-11,13-14,22-23H,1-2,4-5H2,(H,17,18,20)/t8-,11-,13-,14+/m1/s1. The largest absolute Gasteiger partial charge is 0.392 e. The lowest BCUT2D eigenvalue weighted by Crippen LogP contribution is -2.30. The molecule has 7 heteroatoms. The van der Waals surface area contributed by atoms with Crippen LogP contribution in [-0.4, -0.2) is 48.5 Å². The molecule has 3 N–H and O–H groups in total. The van der Waals surface area contributed by atoms with Gasteiger partial charge in [-0.1, -0.05) is 6.08 Å². The summed E-state index contributed by atoms with van der Waals surface area (Å²) in [6.07, 6.45) is 8.10. The zero-order valence-electron chi connectivity index (χ0n) is 12.6. The van der Waals surface area contributed by atoms with Gasteiger partial charge in [0.05, 0.1) is 25.1 Å². The molecule has 3 aliphatic rings. The molecule has 2 bridgehead atoms. The van der Waals surface area contributed by atoms with Gasteiger partial charge in [0, 0.05) is 17.9 Å². The Morgan fingerprint density at radius 1 is 1.26 bits per heavy atom. The summed E-state index contributed by atoms with van der Waals surface area (Å²) in [7, 11) is 0. The molecule has 2 aromatic rings. The summed E-state index contributed by atoms with van der Waals surface area (Å²) in [6, 6.07) is 0.385. The minimum atomic E-state index is -0.456. The highest BCUT2D eigenvalue weighted by Crippen LogP contribution is 2.50. The van der Waals surface area contributed by atoms with E-state index >= 15 is 0 Å². The number of imidazole rings is 1. The number of nitrogens with zero attached hydrogens (tertiary/aromatic N) is 4. The summed E-state index contributed by atoms with van der Waals surface area (Å²) >= 11 is 0. The number of aliphatic hydroxyl groups is 2. The number of hydrogen-bond acceptors (Lipinski definition) is 6. The molecule has 2 aromatic heterocycles. The lowest BCUT2D eigenvalue weighted by molar-refractivity contribution is 0.0977. The van der Waals surface area contributed by atoms with Gasteiger partial charge in [0.1, 0.15) is 11.8 Å². The first-order valence-electron chi connectivity index (χ1n) is 8.20. The Morgan fingerprint density at radius 2 is 2.13 bits per heavy atom. The topological polar surface area (TPSA) is 96.1 Å². The number of aromatic nitrogens is 4. The Hall–Kier alpha value is -1.99. The first kappa shape index (κ1) is 13.4. The second kappa shape index (κ2) is 4.75. The van der Waals surface area contributed by atoms with Gasteiger partial charge in [-0.2, -0.15) is 0 Å². The van der Waals surface area contributed by atoms with Gasteiger partial charge in [-0.25, -0.2) is 15.0 Å². The van der Waals surface area contributed by atoms with Crippen molar-refractivity contribution < 1.29 is 10.2 Å². The van der Waals surface area contributed by atoms with Gasteiger partial charge < -0.3 is 20.1 Å². The van der Waals surface area contributed by atoms with E-state index in [0.29, 0.717) is 6.04 Å². The van der Waals surface area contributed by atoms with Crippen molar-refractivity contribution >= 4 is 17.0 Å². The second-order valence-electron chi connectivity index (χ2n) is 6.85. The maximum Gasteiger partial charge on any atom is 0.165 e. The van der Waals surface area contributed by atoms with Gasteiger partial charge in [0.25, 0.3) is 0 Å². The van der Waals surface area contributed by atoms with Crippen LogP contribution >= 0.6 is 0 Å². The minimum Gasteiger partial charge on any atom is -0.392 e. The Kier molecular flexibility index (Phi) is 2.78. The predicted molar refractivity (Wildman–Crippen MR) is 83.8 cm³/mol. The molecule has 0 radical (unpaired) electrons. The van der Waals surface area contributed by atoms with E-state index in [2.05, 4.69) is 20.3 Å². The van der Waals surface area contributed by atoms with Gasteiger partial charge in [0.2, 0.25) is 0 Å². The van der Waals surface area contributed by atoms with Crippen LogP contribution in [0.25, 0.3) is 11.2 Å². The maximum atomic E-state index is 10.6. The second-order valence-corrected chi connectivity index (χ2v) is 6.85. The molecule has 0 saturated heterocycles. The summed E-state index contributed by atoms with van der Waals surface area (Å²) in [5, 5.41) is 23.5. The van der Waals surface area contributed by atoms with Crippen molar-refractivity contribution in [3.05, 3.63) is 24.3 Å². The first-order valence-corrected chi connectivity index (χ1v) is 8.20. The third-order valence-electron chi connectivity index (χ3n) is 5.41. The van der Waals surface area contributed by atoms with Crippen LogP contribution in [0.1, 0.15) is 25.3 Å². The normalized spacial score (nSPS) is 32.5. The average Bonchev–Trinajstić information content (AvgIpc) is 3.01. The Balaban J connectivity index is 1.57. The fourth-order valence-corrected chi connectivity index (χ4v) is 4.12. The summed E-state index contributed by atoms with van der Waals surface area (Å²) in [5.74, 6) is 1.05. The zero-order valence-corrected chi connectivity index (χ0v) is 12.6. The molecule has 0 unspecified atom stereocenters. The molecule has 4 atom stereocenters. The Bertz CT molecular complexity index is 797. The van der Waals surface area contributed by atoms with Gasteiger partial charge >= 0.3 is 0 Å². The smallest absolute Gasteiger partial charge is 0.165 e. The van der Waals surface area contributed by atoms with Crippen LogP contribution in [0.2, 0.25) is 0 Å². The number of fused-ring (bicyclic) bond motifs is 3. The van der Waals surface area contributed by atoms with Crippen LogP contribution in [-0.2, 0) is 0 Å². The van der Waals surface area contributed by atoms with Crippen LogP contribution in [0.5, 0.6) is 0 Å². The molecule has 2 saturated carbocycles. The number of hydrogen-bond donors (Lipinski definition) is 3. The lowest BCUT2D eigenvalue weighted by atomic mass is 9.91. The molecular weight excluding hydrogens is 294 g/mol. The number of rotatable bonds is 4. The van der Waals surface area contributed by atoms with Crippen LogP contribution in [0.15, 0.2) is 24.3 Å². The molecule has 120 valence electrons. The summed E-state index contributed by atoms with van der Waals surface area (Å²) in [4.78, 5) is 13.2. The van der Waals surface area contributed by atoms with Crippen LogP contribution in [0, 0.1) is 11.8 Å². The van der Waals surface area contributed by atoms with E-state index in [4.69, 9.17) is 0 Å². The fraction of sp³-hybridized carbons (Fsp3) is 0.562. The van der Waals surface area contributed by atoms with Crippen LogP contribution < -0.4 is 5.32 Å². The van der Waals surface area contributed by atoms with Gasteiger partial charge in [-0.05, 0) is 24.8 Å². The van der Waals surface area contributed by atoms with Crippen molar-refractivity contribution in [2.24, 2.45) is 11.8 Å². The van der Waals surface area contributed by atoms with Crippen molar-refractivity contribution in [3.8, 4) is 0 Å². The van der Waals surface area contributed by atoms with E-state index in [-0.39, 0.29) is 24.5 Å². The highest BCUT2D eigenvalue weighted by atomic mass is 16.3. The molecule has 2 heterocycles. The van der Waals surface area contributed by atoms with E-state index in [1.54, 1.807) is 12.7 Å². The van der Waals surface area contributed by atoms with Crippen LogP contribution in [0.3, 0.4) is 0 Å². The van der Waals surface area contributed by atoms with E-state index in [0.717, 1.165) is 29.0 Å². The van der Waals surface area contributed by atoms with E-state index < -0.39 is 6.10 Å². The van der Waals surface area contributed by atoms with E-state index in [1.165, 1.54) is 12.8 Å². The van der Waals surface area contributed by atoms with Gasteiger partial charge in [-0.15, -0.1) is 0 Å². The van der Waals surface area contributed by atoms with E-state index in [1.807, 2.05) is 10.6 Å². The highest BCUT2D eigenvalue weighted by Gasteiger charge is 2.48. The van der Waals surface area contributed by atoms with Crippen LogP contribution in [0.4, 0.5) is 5.82 Å². The molecule has 0 aliphatic heterocycles. The molecular formula is C16H19N5O2. The molecule has 23 heavy (non-hydrogen) atoms. The van der Waals surface area contributed by atoms with Crippen molar-refractivity contribution in [3.63, 3.8) is 0 Å². The third kappa shape index (κ3) is 1.93. The number of nitrogens with one attached hydrogen (secondary N) is 1.